The Kier molecular flexibility index (Phi) is 5.54. The van der Waals surface area contributed by atoms with Crippen LogP contribution < -0.4 is 10.2 Å². The largest absolute Gasteiger partial charge is 0.497 e. The van der Waals surface area contributed by atoms with Gasteiger partial charge in [-0.15, -0.1) is 0 Å². The molecule has 0 aromatic heterocycles. The molecule has 5 heteroatoms. The molecule has 0 spiro atoms. The number of benzene rings is 2. The molecule has 2 rings (SSSR count). The number of methoxy groups -OCH3 is 1. The molecular weight excluding hydrogens is 280 g/mol. The molecule has 0 aliphatic heterocycles. The summed E-state index contributed by atoms with van der Waals surface area (Å²) in [6.45, 7) is 2.02. The van der Waals surface area contributed by atoms with Gasteiger partial charge in [0, 0.05) is 0 Å². The Bertz CT molecular complexity index is 637. The molecule has 0 fully saturated rings. The fourth-order valence-corrected chi connectivity index (χ4v) is 1.78. The molecule has 0 radical (unpaired) electrons. The van der Waals surface area contributed by atoms with Gasteiger partial charge in [-0.25, -0.2) is 10.2 Å². The van der Waals surface area contributed by atoms with Crippen LogP contribution in [0.4, 0.5) is 4.79 Å². The number of ether oxygens (including phenoxy) is 2. The van der Waals surface area contributed by atoms with Gasteiger partial charge in [-0.1, -0.05) is 30.3 Å². The molecule has 114 valence electrons. The van der Waals surface area contributed by atoms with E-state index in [4.69, 9.17) is 9.47 Å². The summed E-state index contributed by atoms with van der Waals surface area (Å²) in [6, 6.07) is 16.9. The van der Waals surface area contributed by atoms with Gasteiger partial charge >= 0.3 is 6.09 Å². The first-order chi connectivity index (χ1) is 10.7. The van der Waals surface area contributed by atoms with E-state index in [2.05, 4.69) is 10.5 Å². The number of hydrazone groups is 1. The molecule has 22 heavy (non-hydrogen) atoms. The van der Waals surface area contributed by atoms with Crippen molar-refractivity contribution < 1.29 is 14.3 Å². The Morgan fingerprint density at radius 2 is 1.77 bits per heavy atom. The lowest BCUT2D eigenvalue weighted by Crippen LogP contribution is -2.20. The van der Waals surface area contributed by atoms with Gasteiger partial charge in [0.25, 0.3) is 0 Å². The fraction of sp³-hybridized carbons (Fsp3) is 0.176. The third kappa shape index (κ3) is 4.63. The Hall–Kier alpha value is -2.82. The summed E-state index contributed by atoms with van der Waals surface area (Å²) in [6.07, 6.45) is -0.586. The summed E-state index contributed by atoms with van der Waals surface area (Å²) in [4.78, 5) is 11.6. The van der Waals surface area contributed by atoms with Crippen LogP contribution in [0.3, 0.4) is 0 Å². The van der Waals surface area contributed by atoms with E-state index in [0.717, 1.165) is 16.9 Å². The van der Waals surface area contributed by atoms with Crippen LogP contribution in [0.1, 0.15) is 18.1 Å². The van der Waals surface area contributed by atoms with E-state index in [1.54, 1.807) is 14.0 Å². The zero-order valence-corrected chi connectivity index (χ0v) is 12.6. The molecule has 0 aliphatic rings. The van der Waals surface area contributed by atoms with Crippen molar-refractivity contribution in [3.8, 4) is 5.75 Å². The molecule has 0 bridgehead atoms. The van der Waals surface area contributed by atoms with Gasteiger partial charge < -0.3 is 9.47 Å². The van der Waals surface area contributed by atoms with Crippen LogP contribution in [-0.4, -0.2) is 18.9 Å². The summed E-state index contributed by atoms with van der Waals surface area (Å²) in [7, 11) is 1.61. The van der Waals surface area contributed by atoms with E-state index in [0.29, 0.717) is 5.71 Å². The van der Waals surface area contributed by atoms with Crippen molar-refractivity contribution in [3.05, 3.63) is 65.7 Å². The Balaban J connectivity index is 1.85. The van der Waals surface area contributed by atoms with E-state index >= 15 is 0 Å². The lowest BCUT2D eigenvalue weighted by atomic mass is 10.1. The zero-order valence-electron chi connectivity index (χ0n) is 12.6. The fourth-order valence-electron chi connectivity index (χ4n) is 1.78. The smallest absolute Gasteiger partial charge is 0.428 e. The van der Waals surface area contributed by atoms with Gasteiger partial charge in [0.2, 0.25) is 0 Å². The van der Waals surface area contributed by atoms with Gasteiger partial charge in [-0.3, -0.25) is 0 Å². The number of hydrogen-bond donors (Lipinski definition) is 1. The van der Waals surface area contributed by atoms with Crippen molar-refractivity contribution in [3.63, 3.8) is 0 Å². The summed E-state index contributed by atoms with van der Waals surface area (Å²) in [5, 5.41) is 4.01. The lowest BCUT2D eigenvalue weighted by Gasteiger charge is -2.06. The Labute approximate surface area is 129 Å². The molecule has 1 N–H and O–H groups in total. The molecule has 1 amide bonds. The highest BCUT2D eigenvalue weighted by Crippen LogP contribution is 2.11. The summed E-state index contributed by atoms with van der Waals surface area (Å²) < 4.78 is 10.2. The monoisotopic (exact) mass is 298 g/mol. The molecule has 5 nitrogen and oxygen atoms in total. The van der Waals surface area contributed by atoms with E-state index in [9.17, 15) is 4.79 Å². The third-order valence-corrected chi connectivity index (χ3v) is 3.04. The summed E-state index contributed by atoms with van der Waals surface area (Å²) >= 11 is 0. The topological polar surface area (TPSA) is 59.9 Å². The lowest BCUT2D eigenvalue weighted by molar-refractivity contribution is 0.140. The van der Waals surface area contributed by atoms with Crippen molar-refractivity contribution in [2.45, 2.75) is 13.5 Å². The maximum atomic E-state index is 11.6. The maximum Gasteiger partial charge on any atom is 0.428 e. The van der Waals surface area contributed by atoms with Crippen LogP contribution in [0.15, 0.2) is 59.7 Å². The highest BCUT2D eigenvalue weighted by atomic mass is 16.6. The van der Waals surface area contributed by atoms with E-state index in [-0.39, 0.29) is 6.61 Å². The number of carbonyl (C=O) groups is 1. The standard InChI is InChI=1S/C17H18N2O3/c1-13(15-8-10-16(21-2)11-9-15)18-19-17(20)22-12-14-6-4-3-5-7-14/h3-11H,12H2,1-2H3,(H,19,20)/b18-13+. The minimum Gasteiger partial charge on any atom is -0.497 e. The maximum absolute atomic E-state index is 11.6. The van der Waals surface area contributed by atoms with Gasteiger partial charge in [-0.05, 0) is 42.3 Å². The van der Waals surface area contributed by atoms with Crippen molar-refractivity contribution in [2.75, 3.05) is 7.11 Å². The van der Waals surface area contributed by atoms with Crippen molar-refractivity contribution >= 4 is 11.8 Å². The van der Waals surface area contributed by atoms with Crippen molar-refractivity contribution in [1.82, 2.24) is 5.43 Å². The first-order valence-electron chi connectivity index (χ1n) is 6.84. The van der Waals surface area contributed by atoms with Crippen LogP contribution in [0, 0.1) is 0 Å². The number of nitrogens with zero attached hydrogens (tertiary/aromatic N) is 1. The van der Waals surface area contributed by atoms with Crippen molar-refractivity contribution in [1.29, 1.82) is 0 Å². The van der Waals surface area contributed by atoms with Gasteiger partial charge in [-0.2, -0.15) is 5.10 Å². The molecule has 0 heterocycles. The van der Waals surface area contributed by atoms with Crippen LogP contribution in [-0.2, 0) is 11.3 Å². The molecular formula is C17H18N2O3. The third-order valence-electron chi connectivity index (χ3n) is 3.04. The molecule has 0 unspecified atom stereocenters. The SMILES string of the molecule is COc1ccc(/C(C)=N/NC(=O)OCc2ccccc2)cc1. The first-order valence-corrected chi connectivity index (χ1v) is 6.84. The normalized spacial score (nSPS) is 10.9. The number of carbonyl (C=O) groups excluding carboxylic acids is 1. The summed E-state index contributed by atoms with van der Waals surface area (Å²) in [5.74, 6) is 0.770. The number of nitrogens with one attached hydrogen (secondary N) is 1. The van der Waals surface area contributed by atoms with Gasteiger partial charge in [0.1, 0.15) is 12.4 Å². The molecule has 0 saturated heterocycles. The van der Waals surface area contributed by atoms with E-state index in [1.165, 1.54) is 0 Å². The van der Waals surface area contributed by atoms with Crippen LogP contribution >= 0.6 is 0 Å². The first kappa shape index (κ1) is 15.6. The molecule has 0 aliphatic carbocycles. The number of rotatable bonds is 5. The predicted molar refractivity (Wildman–Crippen MR) is 85.0 cm³/mol. The molecule has 0 saturated carbocycles. The average molecular weight is 298 g/mol. The van der Waals surface area contributed by atoms with Gasteiger partial charge in [0.15, 0.2) is 0 Å². The average Bonchev–Trinajstić information content (AvgIpc) is 2.58. The minimum absolute atomic E-state index is 0.212. The Morgan fingerprint density at radius 1 is 1.09 bits per heavy atom. The van der Waals surface area contributed by atoms with Crippen LogP contribution in [0.5, 0.6) is 5.75 Å². The second-order valence-electron chi connectivity index (χ2n) is 4.60. The Morgan fingerprint density at radius 3 is 2.41 bits per heavy atom. The number of hydrogen-bond acceptors (Lipinski definition) is 4. The van der Waals surface area contributed by atoms with Crippen LogP contribution in [0.2, 0.25) is 0 Å². The second-order valence-corrected chi connectivity index (χ2v) is 4.60. The zero-order chi connectivity index (χ0) is 15.8. The molecule has 2 aromatic carbocycles. The second kappa shape index (κ2) is 7.83. The minimum atomic E-state index is -0.586. The van der Waals surface area contributed by atoms with Crippen LogP contribution in [0.25, 0.3) is 0 Å². The highest BCUT2D eigenvalue weighted by molar-refractivity contribution is 5.99. The number of amides is 1. The predicted octanol–water partition coefficient (Wildman–Crippen LogP) is 3.35. The van der Waals surface area contributed by atoms with E-state index in [1.807, 2.05) is 54.6 Å². The highest BCUT2D eigenvalue weighted by Gasteiger charge is 2.03. The summed E-state index contributed by atoms with van der Waals surface area (Å²) in [5.41, 5.74) is 4.87. The van der Waals surface area contributed by atoms with Gasteiger partial charge in [0.05, 0.1) is 12.8 Å². The van der Waals surface area contributed by atoms with E-state index < -0.39 is 6.09 Å². The molecule has 0 atom stereocenters. The van der Waals surface area contributed by atoms with Crippen molar-refractivity contribution in [2.24, 2.45) is 5.10 Å². The molecule has 2 aromatic rings. The quantitative estimate of drug-likeness (QED) is 0.680.